The molecule has 1 aromatic carbocycles. The summed E-state index contributed by atoms with van der Waals surface area (Å²) in [6.45, 7) is 10.6. The standard InChI is InChI=1S/C16H24N2.2ClH/c1-3-4-9-16(18-12-10-17-11-13-18)15-8-6-5-7-14(15)2;;/h3,5-8,16-17H,1,4,9-13H2,2H3;2*1H/t16-;;/m1../s1. The number of benzene rings is 1. The van der Waals surface area contributed by atoms with E-state index in [2.05, 4.69) is 48.0 Å². The molecular formula is C16H26Cl2N2. The van der Waals surface area contributed by atoms with Gasteiger partial charge in [0.05, 0.1) is 0 Å². The molecule has 1 heterocycles. The molecule has 0 amide bonds. The Morgan fingerprint density at radius 2 is 1.90 bits per heavy atom. The van der Waals surface area contributed by atoms with Crippen LogP contribution in [0.2, 0.25) is 0 Å². The van der Waals surface area contributed by atoms with E-state index in [4.69, 9.17) is 0 Å². The zero-order valence-corrected chi connectivity index (χ0v) is 13.8. The summed E-state index contributed by atoms with van der Waals surface area (Å²) in [7, 11) is 0. The summed E-state index contributed by atoms with van der Waals surface area (Å²) < 4.78 is 0. The monoisotopic (exact) mass is 316 g/mol. The first-order valence-corrected chi connectivity index (χ1v) is 6.94. The maximum atomic E-state index is 3.86. The largest absolute Gasteiger partial charge is 0.314 e. The Morgan fingerprint density at radius 3 is 2.50 bits per heavy atom. The number of rotatable bonds is 5. The summed E-state index contributed by atoms with van der Waals surface area (Å²) in [5.74, 6) is 0. The lowest BCUT2D eigenvalue weighted by atomic mass is 9.95. The lowest BCUT2D eigenvalue weighted by Gasteiger charge is -2.36. The molecular weight excluding hydrogens is 291 g/mol. The van der Waals surface area contributed by atoms with Crippen molar-refractivity contribution in [3.8, 4) is 0 Å². The van der Waals surface area contributed by atoms with Gasteiger partial charge in [-0.1, -0.05) is 30.3 Å². The molecule has 1 N–H and O–H groups in total. The van der Waals surface area contributed by atoms with E-state index in [1.165, 1.54) is 17.5 Å². The third-order valence-electron chi connectivity index (χ3n) is 3.78. The molecule has 1 atom stereocenters. The van der Waals surface area contributed by atoms with Crippen LogP contribution in [-0.4, -0.2) is 31.1 Å². The third kappa shape index (κ3) is 5.10. The molecule has 2 rings (SSSR count). The molecule has 1 aliphatic heterocycles. The zero-order valence-electron chi connectivity index (χ0n) is 12.2. The number of nitrogens with zero attached hydrogens (tertiary/aromatic N) is 1. The van der Waals surface area contributed by atoms with Gasteiger partial charge in [0.15, 0.2) is 0 Å². The average molecular weight is 317 g/mol. The average Bonchev–Trinajstić information content (AvgIpc) is 2.42. The molecule has 0 aliphatic carbocycles. The fourth-order valence-electron chi connectivity index (χ4n) is 2.76. The molecule has 0 saturated carbocycles. The number of halogens is 2. The van der Waals surface area contributed by atoms with Crippen LogP contribution in [0.4, 0.5) is 0 Å². The molecule has 1 aliphatic rings. The van der Waals surface area contributed by atoms with Gasteiger partial charge >= 0.3 is 0 Å². The zero-order chi connectivity index (χ0) is 12.8. The molecule has 0 aromatic heterocycles. The number of aryl methyl sites for hydroxylation is 1. The maximum Gasteiger partial charge on any atom is 0.0354 e. The van der Waals surface area contributed by atoms with Gasteiger partial charge in [-0.2, -0.15) is 0 Å². The summed E-state index contributed by atoms with van der Waals surface area (Å²) in [4.78, 5) is 2.61. The minimum Gasteiger partial charge on any atom is -0.314 e. The second-order valence-electron chi connectivity index (χ2n) is 5.02. The predicted octanol–water partition coefficient (Wildman–Crippen LogP) is 3.75. The van der Waals surface area contributed by atoms with Crippen molar-refractivity contribution in [1.82, 2.24) is 10.2 Å². The number of hydrogen-bond donors (Lipinski definition) is 1. The van der Waals surface area contributed by atoms with Crippen molar-refractivity contribution >= 4 is 24.8 Å². The molecule has 114 valence electrons. The van der Waals surface area contributed by atoms with Gasteiger partial charge in [-0.15, -0.1) is 31.4 Å². The highest BCUT2D eigenvalue weighted by atomic mass is 35.5. The summed E-state index contributed by atoms with van der Waals surface area (Å²) in [5, 5.41) is 3.43. The molecule has 1 aromatic rings. The first-order valence-electron chi connectivity index (χ1n) is 6.94. The number of nitrogens with one attached hydrogen (secondary N) is 1. The summed E-state index contributed by atoms with van der Waals surface area (Å²) in [6.07, 6.45) is 4.30. The highest BCUT2D eigenvalue weighted by Crippen LogP contribution is 2.28. The van der Waals surface area contributed by atoms with E-state index < -0.39 is 0 Å². The van der Waals surface area contributed by atoms with Crippen molar-refractivity contribution in [3.05, 3.63) is 48.0 Å². The van der Waals surface area contributed by atoms with Crippen LogP contribution in [0.3, 0.4) is 0 Å². The molecule has 0 spiro atoms. The number of allylic oxidation sites excluding steroid dienone is 1. The van der Waals surface area contributed by atoms with Crippen molar-refractivity contribution in [2.24, 2.45) is 0 Å². The minimum absolute atomic E-state index is 0. The first kappa shape index (κ1) is 19.5. The summed E-state index contributed by atoms with van der Waals surface area (Å²) >= 11 is 0. The minimum atomic E-state index is 0. The van der Waals surface area contributed by atoms with E-state index >= 15 is 0 Å². The van der Waals surface area contributed by atoms with Crippen molar-refractivity contribution in [2.75, 3.05) is 26.2 Å². The van der Waals surface area contributed by atoms with Crippen LogP contribution in [0.15, 0.2) is 36.9 Å². The molecule has 20 heavy (non-hydrogen) atoms. The van der Waals surface area contributed by atoms with E-state index in [1.54, 1.807) is 0 Å². The maximum absolute atomic E-state index is 3.86. The second-order valence-corrected chi connectivity index (χ2v) is 5.02. The highest BCUT2D eigenvalue weighted by Gasteiger charge is 2.22. The molecule has 0 radical (unpaired) electrons. The van der Waals surface area contributed by atoms with E-state index in [9.17, 15) is 0 Å². The van der Waals surface area contributed by atoms with Crippen molar-refractivity contribution in [3.63, 3.8) is 0 Å². The Bertz CT molecular complexity index is 390. The van der Waals surface area contributed by atoms with Gasteiger partial charge in [0.1, 0.15) is 0 Å². The number of hydrogen-bond acceptors (Lipinski definition) is 2. The van der Waals surface area contributed by atoms with E-state index in [0.717, 1.165) is 32.6 Å². The lowest BCUT2D eigenvalue weighted by molar-refractivity contribution is 0.165. The van der Waals surface area contributed by atoms with Gasteiger partial charge in [-0.25, -0.2) is 0 Å². The first-order chi connectivity index (χ1) is 8.83. The topological polar surface area (TPSA) is 15.3 Å². The van der Waals surface area contributed by atoms with Crippen LogP contribution in [0.5, 0.6) is 0 Å². The smallest absolute Gasteiger partial charge is 0.0354 e. The van der Waals surface area contributed by atoms with E-state index in [-0.39, 0.29) is 24.8 Å². The van der Waals surface area contributed by atoms with E-state index in [0.29, 0.717) is 6.04 Å². The van der Waals surface area contributed by atoms with Crippen molar-refractivity contribution in [2.45, 2.75) is 25.8 Å². The summed E-state index contributed by atoms with van der Waals surface area (Å²) in [5.41, 5.74) is 2.89. The van der Waals surface area contributed by atoms with Crippen molar-refractivity contribution in [1.29, 1.82) is 0 Å². The van der Waals surface area contributed by atoms with Crippen LogP contribution < -0.4 is 5.32 Å². The Labute approximate surface area is 135 Å². The van der Waals surface area contributed by atoms with Crippen LogP contribution >= 0.6 is 24.8 Å². The Hall–Kier alpha value is -0.540. The SMILES string of the molecule is C=CCC[C@H](c1ccccc1C)N1CCNCC1.Cl.Cl. The van der Waals surface area contributed by atoms with Crippen LogP contribution in [-0.2, 0) is 0 Å². The quantitative estimate of drug-likeness (QED) is 0.832. The third-order valence-corrected chi connectivity index (χ3v) is 3.78. The Kier molecular flexibility index (Phi) is 9.95. The second kappa shape index (κ2) is 10.2. The molecule has 4 heteroatoms. The number of piperazine rings is 1. The van der Waals surface area contributed by atoms with E-state index in [1.807, 2.05) is 6.08 Å². The van der Waals surface area contributed by atoms with Gasteiger partial charge in [-0.05, 0) is 30.9 Å². The molecule has 0 bridgehead atoms. The normalized spacial score (nSPS) is 16.6. The van der Waals surface area contributed by atoms with Gasteiger partial charge in [0, 0.05) is 32.2 Å². The summed E-state index contributed by atoms with van der Waals surface area (Å²) in [6, 6.07) is 9.34. The van der Waals surface area contributed by atoms with Crippen LogP contribution in [0.1, 0.15) is 30.0 Å². The molecule has 2 nitrogen and oxygen atoms in total. The fourth-order valence-corrected chi connectivity index (χ4v) is 2.76. The van der Waals surface area contributed by atoms with Gasteiger partial charge in [0.25, 0.3) is 0 Å². The lowest BCUT2D eigenvalue weighted by Crippen LogP contribution is -2.45. The van der Waals surface area contributed by atoms with Gasteiger partial charge in [0.2, 0.25) is 0 Å². The highest BCUT2D eigenvalue weighted by molar-refractivity contribution is 5.85. The fraction of sp³-hybridized carbons (Fsp3) is 0.500. The van der Waals surface area contributed by atoms with Gasteiger partial charge in [-0.3, -0.25) is 4.90 Å². The Morgan fingerprint density at radius 1 is 1.25 bits per heavy atom. The Balaban J connectivity index is 0.00000180. The predicted molar refractivity (Wildman–Crippen MR) is 92.3 cm³/mol. The van der Waals surface area contributed by atoms with Crippen molar-refractivity contribution < 1.29 is 0 Å². The van der Waals surface area contributed by atoms with Crippen LogP contribution in [0.25, 0.3) is 0 Å². The van der Waals surface area contributed by atoms with Gasteiger partial charge < -0.3 is 5.32 Å². The molecule has 1 fully saturated rings. The molecule has 0 unspecified atom stereocenters. The molecule has 1 saturated heterocycles. The van der Waals surface area contributed by atoms with Crippen LogP contribution in [0, 0.1) is 6.92 Å².